The van der Waals surface area contributed by atoms with Gasteiger partial charge in [-0.05, 0) is 30.2 Å². The lowest BCUT2D eigenvalue weighted by atomic mass is 10.1. The Kier molecular flexibility index (Phi) is 7.51. The van der Waals surface area contributed by atoms with E-state index < -0.39 is 0 Å². The molecule has 3 heteroatoms. The molecule has 0 aliphatic carbocycles. The van der Waals surface area contributed by atoms with Crippen LogP contribution < -0.4 is 9.47 Å². The first kappa shape index (κ1) is 18.7. The first-order valence-corrected chi connectivity index (χ1v) is 9.93. The molecule has 0 aliphatic heterocycles. The number of nitrogens with zero attached hydrogens (tertiary/aromatic N) is 2. The molecule has 0 unspecified atom stereocenters. The van der Waals surface area contributed by atoms with E-state index in [0.717, 1.165) is 6.54 Å². The van der Waals surface area contributed by atoms with Crippen LogP contribution in [0.25, 0.3) is 12.2 Å². The Labute approximate surface area is 151 Å². The summed E-state index contributed by atoms with van der Waals surface area (Å²) in [6.07, 6.45) is 11.1. The maximum Gasteiger partial charge on any atom is 0.234 e. The number of rotatable bonds is 9. The smallest absolute Gasteiger partial charge is 0.234 e. The predicted octanol–water partition coefficient (Wildman–Crippen LogP) is 5.55. The summed E-state index contributed by atoms with van der Waals surface area (Å²) in [5.74, 6) is 0. The summed E-state index contributed by atoms with van der Waals surface area (Å²) in [6, 6.07) is 8.70. The average molecular weight is 344 g/mol. The van der Waals surface area contributed by atoms with Crippen molar-refractivity contribution in [1.82, 2.24) is 0 Å². The molecule has 2 rings (SSSR count). The minimum Gasteiger partial charge on any atom is -0.378 e. The number of hydrogen-bond acceptors (Lipinski definition) is 2. The number of aromatic nitrogens is 1. The molecule has 0 saturated carbocycles. The highest BCUT2D eigenvalue weighted by Crippen LogP contribution is 2.15. The van der Waals surface area contributed by atoms with Gasteiger partial charge in [0.05, 0.1) is 5.38 Å². The molecule has 1 aromatic carbocycles. The number of anilines is 1. The fourth-order valence-corrected chi connectivity index (χ4v) is 3.63. The number of aryl methyl sites for hydroxylation is 1. The highest BCUT2D eigenvalue weighted by Gasteiger charge is 2.14. The van der Waals surface area contributed by atoms with E-state index in [2.05, 4.69) is 79.2 Å². The van der Waals surface area contributed by atoms with Crippen LogP contribution in [0.5, 0.6) is 0 Å². The average Bonchev–Trinajstić information content (AvgIpc) is 2.93. The summed E-state index contributed by atoms with van der Waals surface area (Å²) in [4.78, 5) is 2.13. The Bertz CT molecular complexity index is 638. The molecule has 0 bridgehead atoms. The van der Waals surface area contributed by atoms with E-state index in [1.54, 1.807) is 0 Å². The predicted molar refractivity (Wildman–Crippen MR) is 108 cm³/mol. The molecule has 0 spiro atoms. The molecule has 0 fully saturated rings. The normalized spacial score (nSPS) is 11.3. The second-order valence-electron chi connectivity index (χ2n) is 6.56. The first-order chi connectivity index (χ1) is 11.6. The summed E-state index contributed by atoms with van der Waals surface area (Å²) in [6.45, 7) is 5.63. The van der Waals surface area contributed by atoms with Gasteiger partial charge in [-0.1, -0.05) is 49.7 Å². The zero-order valence-corrected chi connectivity index (χ0v) is 16.4. The van der Waals surface area contributed by atoms with Crippen molar-refractivity contribution < 1.29 is 4.57 Å². The molecule has 0 aliphatic rings. The molecule has 0 amide bonds. The molecule has 2 nitrogen and oxygen atoms in total. The highest BCUT2D eigenvalue weighted by molar-refractivity contribution is 7.09. The Balaban J connectivity index is 1.98. The third-order valence-electron chi connectivity index (χ3n) is 4.38. The second-order valence-corrected chi connectivity index (χ2v) is 7.63. The zero-order valence-electron chi connectivity index (χ0n) is 15.6. The maximum atomic E-state index is 2.46. The van der Waals surface area contributed by atoms with Crippen molar-refractivity contribution in [2.75, 3.05) is 19.0 Å². The van der Waals surface area contributed by atoms with Crippen molar-refractivity contribution in [3.8, 4) is 0 Å². The Morgan fingerprint density at radius 1 is 1.00 bits per heavy atom. The van der Waals surface area contributed by atoms with E-state index in [1.165, 1.54) is 54.1 Å². The third-order valence-corrected chi connectivity index (χ3v) is 5.30. The van der Waals surface area contributed by atoms with Crippen molar-refractivity contribution >= 4 is 29.2 Å². The monoisotopic (exact) mass is 343 g/mol. The van der Waals surface area contributed by atoms with Crippen LogP contribution in [0.15, 0.2) is 29.6 Å². The van der Waals surface area contributed by atoms with Crippen molar-refractivity contribution in [3.63, 3.8) is 0 Å². The van der Waals surface area contributed by atoms with Crippen LogP contribution in [0.4, 0.5) is 5.69 Å². The standard InChI is InChI=1S/C21H31N2S/c1-5-6-7-8-9-16-23-18(2)24-17-21(23)15-12-19-10-13-20(14-11-19)22(3)4/h10-15,17H,5-9,16H2,1-4H3/q+1. The van der Waals surface area contributed by atoms with E-state index in [9.17, 15) is 0 Å². The fraction of sp³-hybridized carbons (Fsp3) is 0.476. The van der Waals surface area contributed by atoms with Crippen LogP contribution in [-0.4, -0.2) is 14.1 Å². The topological polar surface area (TPSA) is 7.12 Å². The van der Waals surface area contributed by atoms with Crippen LogP contribution in [0.1, 0.15) is 55.3 Å². The van der Waals surface area contributed by atoms with Gasteiger partial charge in [-0.15, -0.1) is 0 Å². The Morgan fingerprint density at radius 2 is 1.71 bits per heavy atom. The quantitative estimate of drug-likeness (QED) is 0.427. The van der Waals surface area contributed by atoms with Gasteiger partial charge in [-0.25, -0.2) is 0 Å². The lowest BCUT2D eigenvalue weighted by molar-refractivity contribution is -0.699. The van der Waals surface area contributed by atoms with Gasteiger partial charge in [-0.2, -0.15) is 4.57 Å². The minimum absolute atomic E-state index is 1.14. The minimum atomic E-state index is 1.14. The van der Waals surface area contributed by atoms with E-state index >= 15 is 0 Å². The van der Waals surface area contributed by atoms with Crippen molar-refractivity contribution in [3.05, 3.63) is 45.9 Å². The van der Waals surface area contributed by atoms with Gasteiger partial charge < -0.3 is 4.90 Å². The van der Waals surface area contributed by atoms with Crippen LogP contribution in [0, 0.1) is 6.92 Å². The molecular weight excluding hydrogens is 312 g/mol. The van der Waals surface area contributed by atoms with E-state index in [-0.39, 0.29) is 0 Å². The van der Waals surface area contributed by atoms with Crippen LogP contribution in [0.3, 0.4) is 0 Å². The molecule has 2 aromatic rings. The maximum absolute atomic E-state index is 2.46. The molecular formula is C21H31N2S+. The fourth-order valence-electron chi connectivity index (χ4n) is 2.81. The highest BCUT2D eigenvalue weighted by atomic mass is 32.1. The van der Waals surface area contributed by atoms with Crippen LogP contribution >= 0.6 is 11.3 Å². The third kappa shape index (κ3) is 5.48. The molecule has 24 heavy (non-hydrogen) atoms. The molecule has 1 aromatic heterocycles. The second kappa shape index (κ2) is 9.63. The summed E-state index contributed by atoms with van der Waals surface area (Å²) in [5, 5.41) is 3.67. The van der Waals surface area contributed by atoms with Crippen molar-refractivity contribution in [2.45, 2.75) is 52.5 Å². The number of unbranched alkanes of at least 4 members (excludes halogenated alkanes) is 4. The first-order valence-electron chi connectivity index (χ1n) is 9.05. The number of benzene rings is 1. The SMILES string of the molecule is CCCCCCC[n+]1c(C=Cc2ccc(N(C)C)cc2)csc1C. The van der Waals surface area contributed by atoms with Gasteiger partial charge in [-0.3, -0.25) is 0 Å². The number of thiazole rings is 1. The van der Waals surface area contributed by atoms with Gasteiger partial charge in [0.1, 0.15) is 6.54 Å². The van der Waals surface area contributed by atoms with Crippen LogP contribution in [-0.2, 0) is 6.54 Å². The molecule has 0 N–H and O–H groups in total. The van der Waals surface area contributed by atoms with Gasteiger partial charge in [0.15, 0.2) is 0 Å². The van der Waals surface area contributed by atoms with Crippen molar-refractivity contribution in [2.24, 2.45) is 0 Å². The lowest BCUT2D eigenvalue weighted by Crippen LogP contribution is -2.37. The summed E-state index contributed by atoms with van der Waals surface area (Å²) >= 11 is 1.85. The molecule has 0 saturated heterocycles. The summed E-state index contributed by atoms with van der Waals surface area (Å²) in [7, 11) is 4.14. The van der Waals surface area contributed by atoms with Gasteiger partial charge in [0.25, 0.3) is 0 Å². The van der Waals surface area contributed by atoms with E-state index in [4.69, 9.17) is 0 Å². The Hall–Kier alpha value is -1.61. The Morgan fingerprint density at radius 3 is 2.38 bits per heavy atom. The molecule has 130 valence electrons. The summed E-state index contributed by atoms with van der Waals surface area (Å²) < 4.78 is 2.46. The largest absolute Gasteiger partial charge is 0.378 e. The van der Waals surface area contributed by atoms with Gasteiger partial charge in [0.2, 0.25) is 10.7 Å². The molecule has 1 heterocycles. The zero-order chi connectivity index (χ0) is 17.4. The van der Waals surface area contributed by atoms with Gasteiger partial charge >= 0.3 is 0 Å². The van der Waals surface area contributed by atoms with E-state index in [1.807, 2.05) is 11.3 Å². The lowest BCUT2D eigenvalue weighted by Gasteiger charge is -2.11. The van der Waals surface area contributed by atoms with Crippen LogP contribution in [0.2, 0.25) is 0 Å². The van der Waals surface area contributed by atoms with Crippen molar-refractivity contribution in [1.29, 1.82) is 0 Å². The molecule has 0 atom stereocenters. The molecule has 0 radical (unpaired) electrons. The number of hydrogen-bond donors (Lipinski definition) is 0. The van der Waals surface area contributed by atoms with E-state index in [0.29, 0.717) is 0 Å². The van der Waals surface area contributed by atoms with Gasteiger partial charge in [0, 0.05) is 39.2 Å². The summed E-state index contributed by atoms with van der Waals surface area (Å²) in [5.41, 5.74) is 3.81.